The summed E-state index contributed by atoms with van der Waals surface area (Å²) in [4.78, 5) is 11.4. The van der Waals surface area contributed by atoms with Gasteiger partial charge in [0.15, 0.2) is 0 Å². The van der Waals surface area contributed by atoms with Crippen LogP contribution in [-0.4, -0.2) is 30.3 Å². The zero-order valence-corrected chi connectivity index (χ0v) is 11.5. The van der Waals surface area contributed by atoms with Gasteiger partial charge in [-0.1, -0.05) is 23.2 Å². The molecule has 1 unspecified atom stereocenters. The van der Waals surface area contributed by atoms with Gasteiger partial charge in [-0.05, 0) is 25.1 Å². The fourth-order valence-corrected chi connectivity index (χ4v) is 1.77. The van der Waals surface area contributed by atoms with Gasteiger partial charge in [0.05, 0.1) is 19.6 Å². The molecular weight excluding hydrogens is 277 g/mol. The quantitative estimate of drug-likeness (QED) is 0.845. The Balaban J connectivity index is 2.35. The summed E-state index contributed by atoms with van der Waals surface area (Å²) in [6.07, 6.45) is 0.203. The lowest BCUT2D eigenvalue weighted by Gasteiger charge is -2.11. The Morgan fingerprint density at radius 1 is 1.39 bits per heavy atom. The Kier molecular flexibility index (Phi) is 6.25. The van der Waals surface area contributed by atoms with Crippen LogP contribution in [0.1, 0.15) is 13.3 Å². The van der Waals surface area contributed by atoms with Crippen LogP contribution < -0.4 is 10.1 Å². The fourth-order valence-electron chi connectivity index (χ4n) is 1.27. The number of halogens is 2. The van der Waals surface area contributed by atoms with E-state index in [0.717, 1.165) is 0 Å². The molecule has 0 heterocycles. The van der Waals surface area contributed by atoms with Crippen molar-refractivity contribution in [2.75, 3.05) is 13.2 Å². The smallest absolute Gasteiger partial charge is 0.223 e. The standard InChI is InChI=1S/C12H15Cl2NO3/c1-8(7-16)15-12(17)2-3-18-11-5-9(13)4-10(14)6-11/h4-6,8,16H,2-3,7H2,1H3,(H,15,17). The summed E-state index contributed by atoms with van der Waals surface area (Å²) >= 11 is 11.6. The first-order chi connectivity index (χ1) is 8.51. The Labute approximate surface area is 116 Å². The molecule has 1 atom stereocenters. The fraction of sp³-hybridized carbons (Fsp3) is 0.417. The molecule has 6 heteroatoms. The maximum atomic E-state index is 11.4. The molecule has 4 nitrogen and oxygen atoms in total. The van der Waals surface area contributed by atoms with Gasteiger partial charge in [0.1, 0.15) is 5.75 Å². The summed E-state index contributed by atoms with van der Waals surface area (Å²) < 4.78 is 5.36. The van der Waals surface area contributed by atoms with Crippen molar-refractivity contribution in [3.8, 4) is 5.75 Å². The van der Waals surface area contributed by atoms with E-state index in [0.29, 0.717) is 15.8 Å². The highest BCUT2D eigenvalue weighted by atomic mass is 35.5. The van der Waals surface area contributed by atoms with Crippen LogP contribution in [0.3, 0.4) is 0 Å². The second kappa shape index (κ2) is 7.46. The van der Waals surface area contributed by atoms with E-state index in [9.17, 15) is 4.79 Å². The van der Waals surface area contributed by atoms with E-state index < -0.39 is 0 Å². The molecule has 0 saturated heterocycles. The highest BCUT2D eigenvalue weighted by molar-refractivity contribution is 6.34. The van der Waals surface area contributed by atoms with Crippen LogP contribution in [-0.2, 0) is 4.79 Å². The monoisotopic (exact) mass is 291 g/mol. The van der Waals surface area contributed by atoms with Crippen LogP contribution in [0.2, 0.25) is 10.0 Å². The van der Waals surface area contributed by atoms with Crippen LogP contribution in [0, 0.1) is 0 Å². The first-order valence-electron chi connectivity index (χ1n) is 5.50. The molecule has 1 aromatic carbocycles. The average Bonchev–Trinajstić information content (AvgIpc) is 2.27. The molecule has 0 saturated carbocycles. The van der Waals surface area contributed by atoms with Crippen molar-refractivity contribution in [3.63, 3.8) is 0 Å². The molecule has 1 aromatic rings. The minimum Gasteiger partial charge on any atom is -0.493 e. The van der Waals surface area contributed by atoms with Gasteiger partial charge in [-0.2, -0.15) is 0 Å². The third-order valence-corrected chi connectivity index (χ3v) is 2.55. The number of aliphatic hydroxyl groups excluding tert-OH is 1. The lowest BCUT2D eigenvalue weighted by Crippen LogP contribution is -2.35. The normalized spacial score (nSPS) is 12.0. The van der Waals surface area contributed by atoms with Gasteiger partial charge in [0, 0.05) is 16.1 Å². The van der Waals surface area contributed by atoms with Crippen molar-refractivity contribution in [1.82, 2.24) is 5.32 Å². The molecule has 0 aliphatic carbocycles. The van der Waals surface area contributed by atoms with E-state index >= 15 is 0 Å². The Hall–Kier alpha value is -0.970. The number of carbonyl (C=O) groups is 1. The molecule has 0 fully saturated rings. The highest BCUT2D eigenvalue weighted by Crippen LogP contribution is 2.24. The highest BCUT2D eigenvalue weighted by Gasteiger charge is 2.06. The van der Waals surface area contributed by atoms with E-state index in [1.54, 1.807) is 25.1 Å². The number of amides is 1. The largest absolute Gasteiger partial charge is 0.493 e. The Bertz CT molecular complexity index is 392. The van der Waals surface area contributed by atoms with Crippen molar-refractivity contribution < 1.29 is 14.6 Å². The van der Waals surface area contributed by atoms with Crippen molar-refractivity contribution in [2.24, 2.45) is 0 Å². The van der Waals surface area contributed by atoms with E-state index in [1.165, 1.54) is 0 Å². The SMILES string of the molecule is CC(CO)NC(=O)CCOc1cc(Cl)cc(Cl)c1. The molecule has 100 valence electrons. The predicted octanol–water partition coefficient (Wildman–Crippen LogP) is 2.26. The zero-order valence-electron chi connectivity index (χ0n) is 9.95. The third-order valence-electron chi connectivity index (χ3n) is 2.12. The average molecular weight is 292 g/mol. The maximum Gasteiger partial charge on any atom is 0.223 e. The van der Waals surface area contributed by atoms with Crippen LogP contribution >= 0.6 is 23.2 Å². The number of rotatable bonds is 6. The van der Waals surface area contributed by atoms with Crippen molar-refractivity contribution in [3.05, 3.63) is 28.2 Å². The van der Waals surface area contributed by atoms with Crippen molar-refractivity contribution in [2.45, 2.75) is 19.4 Å². The number of carbonyl (C=O) groups excluding carboxylic acids is 1. The Morgan fingerprint density at radius 3 is 2.56 bits per heavy atom. The minimum atomic E-state index is -0.252. The summed E-state index contributed by atoms with van der Waals surface area (Å²) in [6, 6.07) is 4.60. The van der Waals surface area contributed by atoms with Crippen LogP contribution in [0.25, 0.3) is 0 Å². The lowest BCUT2D eigenvalue weighted by atomic mass is 10.3. The first-order valence-corrected chi connectivity index (χ1v) is 6.26. The molecule has 0 aromatic heterocycles. The van der Waals surface area contributed by atoms with Gasteiger partial charge >= 0.3 is 0 Å². The van der Waals surface area contributed by atoms with Gasteiger partial charge in [0.2, 0.25) is 5.91 Å². The van der Waals surface area contributed by atoms with Gasteiger partial charge in [-0.3, -0.25) is 4.79 Å². The van der Waals surface area contributed by atoms with Crippen LogP contribution in [0.15, 0.2) is 18.2 Å². The topological polar surface area (TPSA) is 58.6 Å². The number of hydrogen-bond donors (Lipinski definition) is 2. The number of nitrogens with one attached hydrogen (secondary N) is 1. The molecule has 0 aliphatic rings. The molecular formula is C12H15Cl2NO3. The minimum absolute atomic E-state index is 0.0868. The van der Waals surface area contributed by atoms with E-state index in [4.69, 9.17) is 33.0 Å². The summed E-state index contributed by atoms with van der Waals surface area (Å²) in [6.45, 7) is 1.85. The van der Waals surface area contributed by atoms with Crippen LogP contribution in [0.5, 0.6) is 5.75 Å². The Morgan fingerprint density at radius 2 is 2.00 bits per heavy atom. The summed E-state index contributed by atoms with van der Waals surface area (Å²) in [5, 5.41) is 12.4. The molecule has 18 heavy (non-hydrogen) atoms. The van der Waals surface area contributed by atoms with Crippen molar-refractivity contribution in [1.29, 1.82) is 0 Å². The number of benzene rings is 1. The molecule has 1 amide bonds. The zero-order chi connectivity index (χ0) is 13.5. The first kappa shape index (κ1) is 15.1. The maximum absolute atomic E-state index is 11.4. The molecule has 0 radical (unpaired) electrons. The number of hydrogen-bond acceptors (Lipinski definition) is 3. The molecule has 2 N–H and O–H groups in total. The van der Waals surface area contributed by atoms with E-state index in [-0.39, 0.29) is 31.6 Å². The lowest BCUT2D eigenvalue weighted by molar-refractivity contribution is -0.122. The molecule has 0 spiro atoms. The molecule has 0 aliphatic heterocycles. The summed E-state index contributed by atoms with van der Waals surface area (Å²) in [5.41, 5.74) is 0. The van der Waals surface area contributed by atoms with Gasteiger partial charge in [0.25, 0.3) is 0 Å². The predicted molar refractivity (Wildman–Crippen MR) is 71.3 cm³/mol. The van der Waals surface area contributed by atoms with Crippen molar-refractivity contribution >= 4 is 29.1 Å². The third kappa shape index (κ3) is 5.58. The summed E-state index contributed by atoms with van der Waals surface area (Å²) in [7, 11) is 0. The number of aliphatic hydroxyl groups is 1. The molecule has 0 bridgehead atoms. The van der Waals surface area contributed by atoms with Crippen LogP contribution in [0.4, 0.5) is 0 Å². The number of ether oxygens (including phenoxy) is 1. The second-order valence-electron chi connectivity index (χ2n) is 3.85. The second-order valence-corrected chi connectivity index (χ2v) is 4.73. The van der Waals surface area contributed by atoms with Gasteiger partial charge in [-0.15, -0.1) is 0 Å². The van der Waals surface area contributed by atoms with E-state index in [2.05, 4.69) is 5.32 Å². The van der Waals surface area contributed by atoms with Gasteiger partial charge < -0.3 is 15.2 Å². The van der Waals surface area contributed by atoms with Gasteiger partial charge in [-0.25, -0.2) is 0 Å². The van der Waals surface area contributed by atoms with E-state index in [1.807, 2.05) is 0 Å². The summed E-state index contributed by atoms with van der Waals surface area (Å²) in [5.74, 6) is 0.347. The molecule has 1 rings (SSSR count).